The van der Waals surface area contributed by atoms with Crippen molar-refractivity contribution in [3.8, 4) is 0 Å². The zero-order valence-corrected chi connectivity index (χ0v) is 13.6. The highest BCUT2D eigenvalue weighted by Crippen LogP contribution is 2.26. The monoisotopic (exact) mass is 301 g/mol. The van der Waals surface area contributed by atoms with E-state index in [9.17, 15) is 4.79 Å². The summed E-state index contributed by atoms with van der Waals surface area (Å²) in [5, 5.41) is 6.99. The van der Waals surface area contributed by atoms with Crippen LogP contribution in [0.1, 0.15) is 54.6 Å². The van der Waals surface area contributed by atoms with Crippen molar-refractivity contribution in [3.05, 3.63) is 47.1 Å². The molecule has 5 heteroatoms. The number of rotatable bonds is 5. The van der Waals surface area contributed by atoms with Gasteiger partial charge in [0.15, 0.2) is 0 Å². The first-order valence-electron chi connectivity index (χ1n) is 7.53. The first kappa shape index (κ1) is 16.2. The zero-order valence-electron chi connectivity index (χ0n) is 13.6. The van der Waals surface area contributed by atoms with Crippen LogP contribution in [0, 0.1) is 6.92 Å². The summed E-state index contributed by atoms with van der Waals surface area (Å²) in [6, 6.07) is 3.96. The van der Waals surface area contributed by atoms with Gasteiger partial charge in [0.25, 0.3) is 5.91 Å². The second kappa shape index (κ2) is 6.73. The summed E-state index contributed by atoms with van der Waals surface area (Å²) in [5.74, 6) is 0.449. The molecule has 0 bridgehead atoms. The summed E-state index contributed by atoms with van der Waals surface area (Å²) in [7, 11) is 0. The lowest BCUT2D eigenvalue weighted by Gasteiger charge is -2.16. The molecule has 0 aromatic carbocycles. The summed E-state index contributed by atoms with van der Waals surface area (Å²) in [4.78, 5) is 16.5. The first-order valence-corrected chi connectivity index (χ1v) is 7.53. The molecule has 22 heavy (non-hydrogen) atoms. The Balaban J connectivity index is 1.92. The lowest BCUT2D eigenvalue weighted by molar-refractivity contribution is 0.0949. The van der Waals surface area contributed by atoms with E-state index in [2.05, 4.69) is 15.5 Å². The molecule has 0 radical (unpaired) electrons. The van der Waals surface area contributed by atoms with Crippen LogP contribution >= 0.6 is 0 Å². The molecule has 5 nitrogen and oxygen atoms in total. The van der Waals surface area contributed by atoms with Gasteiger partial charge in [0, 0.05) is 24.4 Å². The molecule has 1 N–H and O–H groups in total. The molecular weight excluding hydrogens is 278 g/mol. The molecule has 2 aromatic heterocycles. The van der Waals surface area contributed by atoms with Crippen LogP contribution in [0.3, 0.4) is 0 Å². The van der Waals surface area contributed by atoms with Gasteiger partial charge in [-0.05, 0) is 31.4 Å². The van der Waals surface area contributed by atoms with E-state index in [1.54, 1.807) is 13.1 Å². The highest BCUT2D eigenvalue weighted by atomic mass is 16.5. The number of aryl methyl sites for hydroxylation is 2. The fraction of sp³-hybridized carbons (Fsp3) is 0.471. The standard InChI is InChI=1S/C17H23N3O2/c1-12-14(15(20-22-12)17(2,3)4)16(21)19-10-6-8-13-7-5-9-18-11-13/h5,7,9,11H,6,8,10H2,1-4H3,(H,19,21). The molecule has 0 saturated carbocycles. The number of pyridine rings is 1. The van der Waals surface area contributed by atoms with Crippen molar-refractivity contribution in [2.75, 3.05) is 6.54 Å². The average molecular weight is 301 g/mol. The highest BCUT2D eigenvalue weighted by Gasteiger charge is 2.28. The fourth-order valence-corrected chi connectivity index (χ4v) is 2.28. The number of amides is 1. The lowest BCUT2D eigenvalue weighted by Crippen LogP contribution is -2.28. The van der Waals surface area contributed by atoms with Crippen LogP contribution in [0.5, 0.6) is 0 Å². The van der Waals surface area contributed by atoms with E-state index in [1.807, 2.05) is 39.1 Å². The third-order valence-electron chi connectivity index (χ3n) is 3.45. The SMILES string of the molecule is Cc1onc(C(C)(C)C)c1C(=O)NCCCc1cccnc1. The van der Waals surface area contributed by atoms with Crippen molar-refractivity contribution in [1.29, 1.82) is 0 Å². The number of nitrogens with one attached hydrogen (secondary N) is 1. The maximum Gasteiger partial charge on any atom is 0.256 e. The van der Waals surface area contributed by atoms with Gasteiger partial charge in [0.05, 0.1) is 0 Å². The number of nitrogens with zero attached hydrogens (tertiary/aromatic N) is 2. The quantitative estimate of drug-likeness (QED) is 0.862. The van der Waals surface area contributed by atoms with Gasteiger partial charge in [-0.15, -0.1) is 0 Å². The normalized spacial score (nSPS) is 11.5. The largest absolute Gasteiger partial charge is 0.361 e. The van der Waals surface area contributed by atoms with E-state index in [0.29, 0.717) is 23.6 Å². The highest BCUT2D eigenvalue weighted by molar-refractivity contribution is 5.96. The summed E-state index contributed by atoms with van der Waals surface area (Å²) in [6.45, 7) is 8.44. The smallest absolute Gasteiger partial charge is 0.256 e. The molecule has 2 heterocycles. The number of hydrogen-bond acceptors (Lipinski definition) is 4. The van der Waals surface area contributed by atoms with E-state index in [4.69, 9.17) is 4.52 Å². The lowest BCUT2D eigenvalue weighted by atomic mass is 9.88. The summed E-state index contributed by atoms with van der Waals surface area (Å²) >= 11 is 0. The Kier molecular flexibility index (Phi) is 4.96. The van der Waals surface area contributed by atoms with Crippen molar-refractivity contribution in [1.82, 2.24) is 15.5 Å². The molecule has 0 saturated heterocycles. The topological polar surface area (TPSA) is 68.0 Å². The third kappa shape index (κ3) is 3.93. The molecule has 2 rings (SSSR count). The van der Waals surface area contributed by atoms with Crippen LogP contribution in [0.2, 0.25) is 0 Å². The molecule has 2 aromatic rings. The van der Waals surface area contributed by atoms with Gasteiger partial charge in [-0.2, -0.15) is 0 Å². The predicted molar refractivity (Wildman–Crippen MR) is 84.8 cm³/mol. The van der Waals surface area contributed by atoms with Crippen molar-refractivity contribution < 1.29 is 9.32 Å². The number of aromatic nitrogens is 2. The third-order valence-corrected chi connectivity index (χ3v) is 3.45. The summed E-state index contributed by atoms with van der Waals surface area (Å²) in [6.07, 6.45) is 5.37. The number of carbonyl (C=O) groups is 1. The molecular formula is C17H23N3O2. The average Bonchev–Trinajstić information content (AvgIpc) is 2.86. The number of carbonyl (C=O) groups excluding carboxylic acids is 1. The minimum absolute atomic E-state index is 0.116. The van der Waals surface area contributed by atoms with Crippen molar-refractivity contribution in [2.45, 2.75) is 46.0 Å². The van der Waals surface area contributed by atoms with Crippen LogP contribution in [0.15, 0.2) is 29.0 Å². The molecule has 0 unspecified atom stereocenters. The maximum atomic E-state index is 12.4. The fourth-order valence-electron chi connectivity index (χ4n) is 2.28. The van der Waals surface area contributed by atoms with Crippen molar-refractivity contribution in [3.63, 3.8) is 0 Å². The maximum absolute atomic E-state index is 12.4. The van der Waals surface area contributed by atoms with Crippen molar-refractivity contribution in [2.24, 2.45) is 0 Å². The van der Waals surface area contributed by atoms with E-state index >= 15 is 0 Å². The van der Waals surface area contributed by atoms with Crippen molar-refractivity contribution >= 4 is 5.91 Å². The molecule has 0 aliphatic carbocycles. The summed E-state index contributed by atoms with van der Waals surface area (Å²) < 4.78 is 5.20. The predicted octanol–water partition coefficient (Wildman–Crippen LogP) is 3.04. The number of hydrogen-bond donors (Lipinski definition) is 1. The zero-order chi connectivity index (χ0) is 16.2. The minimum atomic E-state index is -0.222. The molecule has 0 atom stereocenters. The Bertz CT molecular complexity index is 627. The van der Waals surface area contributed by atoms with Gasteiger partial charge >= 0.3 is 0 Å². The second-order valence-electron chi connectivity index (χ2n) is 6.43. The van der Waals surface area contributed by atoms with Crippen LogP contribution in [0.4, 0.5) is 0 Å². The van der Waals surface area contributed by atoms with Gasteiger partial charge in [-0.25, -0.2) is 0 Å². The Morgan fingerprint density at radius 3 is 2.77 bits per heavy atom. The van der Waals surface area contributed by atoms with Crippen LogP contribution in [-0.4, -0.2) is 22.6 Å². The van der Waals surface area contributed by atoms with Crippen LogP contribution in [-0.2, 0) is 11.8 Å². The van der Waals surface area contributed by atoms with E-state index in [-0.39, 0.29) is 11.3 Å². The minimum Gasteiger partial charge on any atom is -0.361 e. The van der Waals surface area contributed by atoms with Gasteiger partial charge in [0.2, 0.25) is 0 Å². The van der Waals surface area contributed by atoms with Gasteiger partial charge < -0.3 is 9.84 Å². The summed E-state index contributed by atoms with van der Waals surface area (Å²) in [5.41, 5.74) is 2.22. The molecule has 118 valence electrons. The van der Waals surface area contributed by atoms with Crippen LogP contribution in [0.25, 0.3) is 0 Å². The molecule has 0 fully saturated rings. The van der Waals surface area contributed by atoms with Crippen LogP contribution < -0.4 is 5.32 Å². The van der Waals surface area contributed by atoms with Gasteiger partial charge in [-0.3, -0.25) is 9.78 Å². The van der Waals surface area contributed by atoms with E-state index in [0.717, 1.165) is 12.8 Å². The Morgan fingerprint density at radius 1 is 1.36 bits per heavy atom. The first-order chi connectivity index (χ1) is 10.4. The van der Waals surface area contributed by atoms with E-state index in [1.165, 1.54) is 5.56 Å². The molecule has 1 amide bonds. The molecule has 0 spiro atoms. The van der Waals surface area contributed by atoms with Gasteiger partial charge in [-0.1, -0.05) is 32.0 Å². The van der Waals surface area contributed by atoms with E-state index < -0.39 is 0 Å². The Hall–Kier alpha value is -2.17. The Morgan fingerprint density at radius 2 is 2.14 bits per heavy atom. The van der Waals surface area contributed by atoms with Gasteiger partial charge in [0.1, 0.15) is 17.0 Å². The second-order valence-corrected chi connectivity index (χ2v) is 6.43. The Labute approximate surface area is 131 Å². The molecule has 0 aliphatic heterocycles. The molecule has 0 aliphatic rings.